The van der Waals surface area contributed by atoms with Crippen LogP contribution in [0.5, 0.6) is 46.0 Å². The summed E-state index contributed by atoms with van der Waals surface area (Å²) in [6.45, 7) is 16.9. The van der Waals surface area contributed by atoms with E-state index in [2.05, 4.69) is 72.6 Å². The van der Waals surface area contributed by atoms with Gasteiger partial charge < -0.3 is 110 Å². The van der Waals surface area contributed by atoms with Crippen LogP contribution in [0.4, 0.5) is 0 Å². The Morgan fingerprint density at radius 2 is 0.491 bits per heavy atom. The van der Waals surface area contributed by atoms with Crippen molar-refractivity contribution in [2.75, 3.05) is 118 Å². The highest BCUT2D eigenvalue weighted by atomic mass is 35.5. The molecule has 4 aromatic carbocycles. The first kappa shape index (κ1) is 100. The molecule has 0 amide bonds. The average molecular weight is 1600 g/mol. The molecular weight excluding hydrogens is 1510 g/mol. The molecule has 0 saturated heterocycles. The van der Waals surface area contributed by atoms with Crippen molar-refractivity contribution in [3.05, 3.63) is 173 Å². The normalized spacial score (nSPS) is 9.69. The number of esters is 11. The molecular formula is C72H84Cl2O36. The van der Waals surface area contributed by atoms with Gasteiger partial charge in [0.15, 0.2) is 34.0 Å². The molecule has 0 atom stereocenters. The third-order valence-corrected chi connectivity index (χ3v) is 10.8. The number of carbonyl (C=O) groups is 13. The van der Waals surface area contributed by atoms with E-state index in [4.69, 9.17) is 100 Å². The molecule has 0 spiro atoms. The van der Waals surface area contributed by atoms with Crippen LogP contribution in [0.1, 0.15) is 32.1 Å². The molecule has 602 valence electrons. The Kier molecular flexibility index (Phi) is 61.9. The summed E-state index contributed by atoms with van der Waals surface area (Å²) in [6, 6.07) is 23.3. The molecule has 0 heterocycles. The molecule has 110 heavy (non-hydrogen) atoms. The number of aromatic hydroxyl groups is 2. The smallest absolute Gasteiger partial charge is 0.337 e. The maximum Gasteiger partial charge on any atom is 0.337 e. The molecule has 0 aliphatic heterocycles. The highest BCUT2D eigenvalue weighted by Crippen LogP contribution is 2.21. The number of carbonyl (C=O) groups excluding carboxylic acids is 11. The second kappa shape index (κ2) is 67.9. The lowest BCUT2D eigenvalue weighted by Crippen LogP contribution is -2.18. The number of alkyl halides is 2. The van der Waals surface area contributed by atoms with Gasteiger partial charge in [-0.2, -0.15) is 0 Å². The maximum atomic E-state index is 11.5. The summed E-state index contributed by atoms with van der Waals surface area (Å²) >= 11 is 10.4. The summed E-state index contributed by atoms with van der Waals surface area (Å²) in [5, 5.41) is 33.5. The lowest BCUT2D eigenvalue weighted by atomic mass is 10.3. The summed E-state index contributed by atoms with van der Waals surface area (Å²) in [5.41, 5.74) is 0. The minimum atomic E-state index is -1.11. The maximum absolute atomic E-state index is 11.5. The molecule has 0 aliphatic rings. The van der Waals surface area contributed by atoms with Gasteiger partial charge in [-0.3, -0.25) is 9.59 Å². The minimum Gasteiger partial charge on any atom is -0.508 e. The van der Waals surface area contributed by atoms with Crippen molar-refractivity contribution in [1.82, 2.24) is 0 Å². The molecule has 4 aromatic rings. The SMILES string of the molecule is C=CCCOCC(=O)Oc1ccc(OC(=O)COCOC(=O)C=C)cc1.C=CCCOCC(=O)Oc1ccc(OC(=O)COCOC(=O)C=C)cc1.C=CCCOCC(=O)Oc1ccc(OC(=O)COCOC(=O)C=C)cc1.O=C(O)COCOC(=O)CCCl.O=C(O)COCOC(=O)CCCl.Oc1ccc(O)cc1. The summed E-state index contributed by atoms with van der Waals surface area (Å²) in [4.78, 5) is 142. The number of carboxylic acid groups (broad SMARTS) is 2. The number of carboxylic acids is 2. The summed E-state index contributed by atoms with van der Waals surface area (Å²) < 4.78 is 91.2. The molecule has 0 fully saturated rings. The standard InChI is InChI=1S/3C18H20O8.2C6H9ClO5.C6H6O2/c3*1-3-5-10-22-11-17(20)25-14-6-8-15(9-7-14)26-18(21)12-23-13-24-16(19)4-2;2*7-2-1-6(10)12-4-11-3-5(8)9;7-5-1-2-6(8)4-3-5/h3*3-4,6-9H,1-2,5,10-13H2;2*1-4H2,(H,8,9);1-4,7-8H. The van der Waals surface area contributed by atoms with E-state index in [1.807, 2.05) is 0 Å². The first-order chi connectivity index (χ1) is 52.8. The molecule has 0 bridgehead atoms. The molecule has 4 N–H and O–H groups in total. The molecule has 0 radical (unpaired) electrons. The molecule has 0 unspecified atom stereocenters. The van der Waals surface area contributed by atoms with E-state index in [0.29, 0.717) is 39.1 Å². The van der Waals surface area contributed by atoms with Gasteiger partial charge in [-0.25, -0.2) is 52.7 Å². The van der Waals surface area contributed by atoms with Crippen molar-refractivity contribution in [1.29, 1.82) is 0 Å². The number of halogens is 2. The fourth-order valence-electron chi connectivity index (χ4n) is 5.73. The van der Waals surface area contributed by atoms with Gasteiger partial charge in [0.1, 0.15) is 98.9 Å². The van der Waals surface area contributed by atoms with Crippen LogP contribution in [0.2, 0.25) is 0 Å². The number of phenolic OH excluding ortho intramolecular Hbond substituents is 2. The Morgan fingerprint density at radius 1 is 0.291 bits per heavy atom. The second-order valence-electron chi connectivity index (χ2n) is 19.2. The van der Waals surface area contributed by atoms with E-state index < -0.39 is 111 Å². The minimum absolute atomic E-state index is 0.0952. The van der Waals surface area contributed by atoms with Crippen LogP contribution in [0, 0.1) is 0 Å². The number of hydrogen-bond donors (Lipinski definition) is 4. The van der Waals surface area contributed by atoms with Crippen molar-refractivity contribution in [3.8, 4) is 46.0 Å². The van der Waals surface area contributed by atoms with Crippen molar-refractivity contribution < 1.29 is 173 Å². The van der Waals surface area contributed by atoms with E-state index in [9.17, 15) is 62.3 Å². The lowest BCUT2D eigenvalue weighted by Gasteiger charge is -2.07. The molecule has 38 heteroatoms. The average Bonchev–Trinajstić information content (AvgIpc) is 0.903. The number of hydrogen-bond acceptors (Lipinski definition) is 34. The predicted octanol–water partition coefficient (Wildman–Crippen LogP) is 6.91. The Bertz CT molecular complexity index is 3110. The zero-order chi connectivity index (χ0) is 82.4. The van der Waals surface area contributed by atoms with E-state index >= 15 is 0 Å². The molecule has 36 nitrogen and oxygen atoms in total. The molecule has 4 rings (SSSR count). The summed E-state index contributed by atoms with van der Waals surface area (Å²) in [5.74, 6) is -6.59. The summed E-state index contributed by atoms with van der Waals surface area (Å²) in [6.07, 6.45) is 10.1. The Morgan fingerprint density at radius 3 is 0.682 bits per heavy atom. The number of phenols is 2. The van der Waals surface area contributed by atoms with Crippen LogP contribution in [0.25, 0.3) is 0 Å². The Labute approximate surface area is 640 Å². The van der Waals surface area contributed by atoms with Crippen LogP contribution < -0.4 is 28.4 Å². The Balaban J connectivity index is 0. The van der Waals surface area contributed by atoms with E-state index in [1.54, 1.807) is 18.2 Å². The van der Waals surface area contributed by atoms with E-state index in [1.165, 1.54) is 97.1 Å². The number of aliphatic carboxylic acids is 2. The first-order valence-electron chi connectivity index (χ1n) is 31.5. The predicted molar refractivity (Wildman–Crippen MR) is 381 cm³/mol. The first-order valence-corrected chi connectivity index (χ1v) is 32.5. The fraction of sp³-hybridized carbons (Fsp3) is 0.319. The number of ether oxygens (including phenoxy) is 19. The van der Waals surface area contributed by atoms with E-state index in [-0.39, 0.29) is 124 Å². The van der Waals surface area contributed by atoms with Crippen molar-refractivity contribution >= 4 is 101 Å². The topological polar surface area (TPSA) is 478 Å². The number of rotatable bonds is 48. The van der Waals surface area contributed by atoms with Crippen LogP contribution in [-0.4, -0.2) is 216 Å². The van der Waals surface area contributed by atoms with Gasteiger partial charge in [-0.1, -0.05) is 38.0 Å². The van der Waals surface area contributed by atoms with Crippen LogP contribution >= 0.6 is 23.2 Å². The van der Waals surface area contributed by atoms with Crippen molar-refractivity contribution in [2.24, 2.45) is 0 Å². The monoisotopic (exact) mass is 1590 g/mol. The van der Waals surface area contributed by atoms with Crippen molar-refractivity contribution in [2.45, 2.75) is 32.1 Å². The Hall–Kier alpha value is -11.7. The van der Waals surface area contributed by atoms with E-state index in [0.717, 1.165) is 18.2 Å². The van der Waals surface area contributed by atoms with Gasteiger partial charge in [-0.05, 0) is 116 Å². The van der Waals surface area contributed by atoms with Crippen LogP contribution in [0.3, 0.4) is 0 Å². The van der Waals surface area contributed by atoms with Gasteiger partial charge in [0.05, 0.1) is 32.7 Å². The third kappa shape index (κ3) is 63.6. The number of benzene rings is 4. The highest BCUT2D eigenvalue weighted by Gasteiger charge is 2.13. The largest absolute Gasteiger partial charge is 0.508 e. The zero-order valence-electron chi connectivity index (χ0n) is 59.3. The third-order valence-electron chi connectivity index (χ3n) is 10.4. The molecule has 0 aliphatic carbocycles. The zero-order valence-corrected chi connectivity index (χ0v) is 60.8. The lowest BCUT2D eigenvalue weighted by molar-refractivity contribution is -0.162. The second-order valence-corrected chi connectivity index (χ2v) is 20.0. The quantitative estimate of drug-likeness (QED) is 0.00401. The highest BCUT2D eigenvalue weighted by molar-refractivity contribution is 6.19. The van der Waals surface area contributed by atoms with Crippen molar-refractivity contribution in [3.63, 3.8) is 0 Å². The van der Waals surface area contributed by atoms with Gasteiger partial charge in [0.25, 0.3) is 0 Å². The van der Waals surface area contributed by atoms with Gasteiger partial charge in [0.2, 0.25) is 0 Å². The summed E-state index contributed by atoms with van der Waals surface area (Å²) in [7, 11) is 0. The van der Waals surface area contributed by atoms with Gasteiger partial charge >= 0.3 is 77.6 Å². The van der Waals surface area contributed by atoms with Gasteiger partial charge in [0, 0.05) is 30.0 Å². The molecule has 0 aromatic heterocycles. The van der Waals surface area contributed by atoms with Crippen LogP contribution in [-0.2, 0) is 124 Å². The van der Waals surface area contributed by atoms with Crippen LogP contribution in [0.15, 0.2) is 173 Å². The molecule has 0 saturated carbocycles. The fourth-order valence-corrected chi connectivity index (χ4v) is 6.04. The van der Waals surface area contributed by atoms with Gasteiger partial charge in [-0.15, -0.1) is 42.9 Å².